The van der Waals surface area contributed by atoms with Gasteiger partial charge in [0.15, 0.2) is 0 Å². The fraction of sp³-hybridized carbons (Fsp3) is 0.522. The van der Waals surface area contributed by atoms with Gasteiger partial charge in [0.1, 0.15) is 30.1 Å². The normalized spacial score (nSPS) is 27.9. The van der Waals surface area contributed by atoms with Crippen LogP contribution in [-0.4, -0.2) is 67.4 Å². The number of aryl methyl sites for hydroxylation is 1. The summed E-state index contributed by atoms with van der Waals surface area (Å²) in [6, 6.07) is 0.440. The van der Waals surface area contributed by atoms with Crippen molar-refractivity contribution < 1.29 is 23.1 Å². The van der Waals surface area contributed by atoms with E-state index in [1.807, 2.05) is 13.0 Å². The van der Waals surface area contributed by atoms with Gasteiger partial charge in [0.05, 0.1) is 36.4 Å². The van der Waals surface area contributed by atoms with Crippen LogP contribution in [0.5, 0.6) is 0 Å². The number of aliphatic hydroxyl groups is 1. The van der Waals surface area contributed by atoms with Crippen LogP contribution in [0.2, 0.25) is 0 Å². The van der Waals surface area contributed by atoms with Crippen molar-refractivity contribution in [1.82, 2.24) is 19.9 Å². The van der Waals surface area contributed by atoms with Gasteiger partial charge in [-0.2, -0.15) is 0 Å². The second kappa shape index (κ2) is 8.61. The number of aliphatic imine (C=N–C) groups is 1. The average molecular weight is 474 g/mol. The molecular formula is C23H25F3N6O2. The summed E-state index contributed by atoms with van der Waals surface area (Å²) in [6.07, 6.45) is 1.85. The van der Waals surface area contributed by atoms with E-state index in [4.69, 9.17) is 0 Å². The fourth-order valence-corrected chi connectivity index (χ4v) is 5.01. The van der Waals surface area contributed by atoms with Gasteiger partial charge in [-0.25, -0.2) is 23.1 Å². The molecule has 2 fully saturated rings. The molecule has 4 heterocycles. The summed E-state index contributed by atoms with van der Waals surface area (Å²) < 4.78 is 42.6. The number of carbonyl (C=O) groups is 1. The van der Waals surface area contributed by atoms with Crippen LogP contribution < -0.4 is 5.32 Å². The summed E-state index contributed by atoms with van der Waals surface area (Å²) in [5, 5.41) is 13.1. The number of nitrogens with zero attached hydrogens (tertiary/aromatic N) is 5. The van der Waals surface area contributed by atoms with Crippen molar-refractivity contribution in [2.24, 2.45) is 4.99 Å². The summed E-state index contributed by atoms with van der Waals surface area (Å²) in [5.41, 5.74) is 2.50. The number of hydrogen-bond acceptors (Lipinski definition) is 7. The van der Waals surface area contributed by atoms with Crippen molar-refractivity contribution in [3.05, 3.63) is 47.2 Å². The van der Waals surface area contributed by atoms with Gasteiger partial charge in [-0.3, -0.25) is 14.8 Å². The molecule has 2 N–H and O–H groups in total. The topological polar surface area (TPSA) is 104 Å². The number of aliphatic hydroxyl groups excluding tert-OH is 1. The maximum atomic E-state index is 14.5. The largest absolute Gasteiger partial charge is 0.385 e. The molecule has 1 aliphatic carbocycles. The van der Waals surface area contributed by atoms with Crippen molar-refractivity contribution in [2.45, 2.75) is 69.4 Å². The number of fused-ring (bicyclic) bond motifs is 1. The Hall–Kier alpha value is -3.08. The van der Waals surface area contributed by atoms with Gasteiger partial charge in [-0.05, 0) is 30.9 Å². The predicted molar refractivity (Wildman–Crippen MR) is 117 cm³/mol. The van der Waals surface area contributed by atoms with Crippen molar-refractivity contribution in [1.29, 1.82) is 0 Å². The molecular weight excluding hydrogens is 449 g/mol. The van der Waals surface area contributed by atoms with Gasteiger partial charge in [0.25, 0.3) is 11.8 Å². The van der Waals surface area contributed by atoms with E-state index in [-0.39, 0.29) is 43.9 Å². The van der Waals surface area contributed by atoms with Crippen LogP contribution in [0, 0.1) is 6.92 Å². The molecule has 2 aromatic heterocycles. The smallest absolute Gasteiger partial charge is 0.275 e. The average Bonchev–Trinajstić information content (AvgIpc) is 3.41. The van der Waals surface area contributed by atoms with Crippen molar-refractivity contribution in [3.63, 3.8) is 0 Å². The molecule has 4 atom stereocenters. The summed E-state index contributed by atoms with van der Waals surface area (Å²) in [4.78, 5) is 31.9. The highest BCUT2D eigenvalue weighted by atomic mass is 19.3. The third-order valence-electron chi connectivity index (χ3n) is 6.71. The molecule has 11 heteroatoms. The number of aromatic nitrogens is 3. The summed E-state index contributed by atoms with van der Waals surface area (Å²) >= 11 is 0. The van der Waals surface area contributed by atoms with E-state index in [0.29, 0.717) is 17.7 Å². The fourth-order valence-electron chi connectivity index (χ4n) is 5.01. The molecule has 0 spiro atoms. The second-order valence-electron chi connectivity index (χ2n) is 9.16. The second-order valence-corrected chi connectivity index (χ2v) is 9.16. The van der Waals surface area contributed by atoms with Crippen molar-refractivity contribution in [2.75, 3.05) is 11.9 Å². The van der Waals surface area contributed by atoms with E-state index >= 15 is 0 Å². The number of pyridine rings is 1. The number of likely N-dealkylation sites (tertiary alicyclic amines) is 1. The van der Waals surface area contributed by atoms with Crippen LogP contribution in [-0.2, 0) is 11.3 Å². The molecule has 1 saturated heterocycles. The monoisotopic (exact) mass is 474 g/mol. The molecule has 8 nitrogen and oxygen atoms in total. The predicted octanol–water partition coefficient (Wildman–Crippen LogP) is 2.76. The lowest BCUT2D eigenvalue weighted by atomic mass is 9.89. The first-order valence-corrected chi connectivity index (χ1v) is 11.3. The number of alkyl halides is 3. The minimum Gasteiger partial charge on any atom is -0.385 e. The SMILES string of the molecule is Cc1cncc([C@H]2C[C@H](F)CN2C(=O)C2=NCc3ncnc(N[C@@H]4CCCC(F)(F)[C@H]4O)c32)c1. The van der Waals surface area contributed by atoms with Gasteiger partial charge in [0.2, 0.25) is 0 Å². The minimum absolute atomic E-state index is 0.0647. The van der Waals surface area contributed by atoms with Gasteiger partial charge >= 0.3 is 0 Å². The number of amides is 1. The lowest BCUT2D eigenvalue weighted by molar-refractivity contribution is -0.135. The Morgan fingerprint density at radius 3 is 2.91 bits per heavy atom. The van der Waals surface area contributed by atoms with Crippen LogP contribution in [0.4, 0.5) is 19.0 Å². The highest BCUT2D eigenvalue weighted by Crippen LogP contribution is 2.37. The highest BCUT2D eigenvalue weighted by Gasteiger charge is 2.47. The number of halogens is 3. The molecule has 0 bridgehead atoms. The number of carbonyl (C=O) groups excluding carboxylic acids is 1. The van der Waals surface area contributed by atoms with Crippen molar-refractivity contribution >= 4 is 17.4 Å². The zero-order chi connectivity index (χ0) is 24.0. The Kier molecular flexibility index (Phi) is 5.75. The lowest BCUT2D eigenvalue weighted by Gasteiger charge is -2.35. The lowest BCUT2D eigenvalue weighted by Crippen LogP contribution is -2.50. The standard InChI is InChI=1S/C23H25F3N6O2/c1-12-5-13(8-27-7-12)17-6-14(24)10-32(17)22(34)19-18-16(9-28-19)29-11-30-21(18)31-15-3-2-4-23(25,26)20(15)33/h5,7-8,11,14-15,17,20,33H,2-4,6,9-10H2,1H3,(H,29,30,31)/t14-,15+,17+,20-/m0/s1. The molecule has 1 saturated carbocycles. The molecule has 2 aliphatic heterocycles. The molecule has 0 aromatic carbocycles. The van der Waals surface area contributed by atoms with Crippen LogP contribution in [0.15, 0.2) is 29.8 Å². The van der Waals surface area contributed by atoms with E-state index in [1.54, 1.807) is 12.4 Å². The molecule has 3 aliphatic rings. The van der Waals surface area contributed by atoms with Crippen LogP contribution in [0.1, 0.15) is 54.1 Å². The van der Waals surface area contributed by atoms with Gasteiger partial charge in [-0.15, -0.1) is 0 Å². The zero-order valence-electron chi connectivity index (χ0n) is 18.6. The number of anilines is 1. The number of hydrogen-bond donors (Lipinski definition) is 2. The Morgan fingerprint density at radius 1 is 1.29 bits per heavy atom. The first kappa shape index (κ1) is 22.7. The zero-order valence-corrected chi connectivity index (χ0v) is 18.6. The summed E-state index contributed by atoms with van der Waals surface area (Å²) in [7, 11) is 0. The Labute approximate surface area is 194 Å². The molecule has 1 amide bonds. The molecule has 0 unspecified atom stereocenters. The summed E-state index contributed by atoms with van der Waals surface area (Å²) in [5.74, 6) is -3.52. The van der Waals surface area contributed by atoms with Gasteiger partial charge < -0.3 is 15.3 Å². The maximum Gasteiger partial charge on any atom is 0.275 e. The molecule has 180 valence electrons. The summed E-state index contributed by atoms with van der Waals surface area (Å²) in [6.45, 7) is 1.91. The number of rotatable bonds is 4. The quantitative estimate of drug-likeness (QED) is 0.707. The minimum atomic E-state index is -3.21. The van der Waals surface area contributed by atoms with Gasteiger partial charge in [0, 0.05) is 25.2 Å². The molecule has 0 radical (unpaired) electrons. The molecule has 5 rings (SSSR count). The first-order chi connectivity index (χ1) is 16.2. The maximum absolute atomic E-state index is 14.5. The first-order valence-electron chi connectivity index (χ1n) is 11.3. The third kappa shape index (κ3) is 4.02. The Balaban J connectivity index is 1.44. The molecule has 2 aromatic rings. The van der Waals surface area contributed by atoms with Crippen molar-refractivity contribution in [3.8, 4) is 0 Å². The third-order valence-corrected chi connectivity index (χ3v) is 6.71. The Morgan fingerprint density at radius 2 is 2.12 bits per heavy atom. The Bertz CT molecular complexity index is 1140. The highest BCUT2D eigenvalue weighted by molar-refractivity contribution is 6.47. The van der Waals surface area contributed by atoms with E-state index < -0.39 is 36.2 Å². The van der Waals surface area contributed by atoms with Crippen LogP contribution in [0.25, 0.3) is 0 Å². The number of nitrogens with one attached hydrogen (secondary N) is 1. The van der Waals surface area contributed by atoms with E-state index in [1.165, 1.54) is 11.2 Å². The molecule has 34 heavy (non-hydrogen) atoms. The van der Waals surface area contributed by atoms with Crippen LogP contribution >= 0.6 is 0 Å². The van der Waals surface area contributed by atoms with Crippen LogP contribution in [0.3, 0.4) is 0 Å². The van der Waals surface area contributed by atoms with E-state index in [0.717, 1.165) is 11.1 Å². The van der Waals surface area contributed by atoms with E-state index in [9.17, 15) is 23.1 Å². The van der Waals surface area contributed by atoms with E-state index in [2.05, 4.69) is 25.3 Å². The van der Waals surface area contributed by atoms with Gasteiger partial charge in [-0.1, -0.05) is 6.07 Å².